The summed E-state index contributed by atoms with van der Waals surface area (Å²) in [7, 11) is 0. The number of phenols is 1. The van der Waals surface area contributed by atoms with E-state index in [1.165, 1.54) is 5.56 Å². The van der Waals surface area contributed by atoms with Gasteiger partial charge in [0.1, 0.15) is 11.3 Å². The van der Waals surface area contributed by atoms with Gasteiger partial charge in [0.05, 0.1) is 5.69 Å². The number of rotatable bonds is 3. The Bertz CT molecular complexity index is 1150. The van der Waals surface area contributed by atoms with Gasteiger partial charge in [0, 0.05) is 23.4 Å². The van der Waals surface area contributed by atoms with Crippen molar-refractivity contribution >= 4 is 23.0 Å². The highest BCUT2D eigenvalue weighted by molar-refractivity contribution is 5.86. The summed E-state index contributed by atoms with van der Waals surface area (Å²) in [5, 5.41) is 9.84. The van der Waals surface area contributed by atoms with E-state index in [1.807, 2.05) is 42.5 Å². The molecule has 1 aromatic heterocycles. The van der Waals surface area contributed by atoms with Gasteiger partial charge in [-0.1, -0.05) is 45.0 Å². The molecule has 3 aromatic carbocycles. The van der Waals surface area contributed by atoms with Crippen molar-refractivity contribution in [3.05, 3.63) is 77.9 Å². The van der Waals surface area contributed by atoms with Crippen LogP contribution in [0.4, 0.5) is 5.69 Å². The molecule has 0 bridgehead atoms. The van der Waals surface area contributed by atoms with Crippen LogP contribution in [0.25, 0.3) is 22.6 Å². The first kappa shape index (κ1) is 18.0. The molecule has 1 heterocycles. The van der Waals surface area contributed by atoms with Crippen LogP contribution >= 0.6 is 0 Å². The van der Waals surface area contributed by atoms with Crippen LogP contribution in [0.5, 0.6) is 5.75 Å². The second-order valence-corrected chi connectivity index (χ2v) is 7.82. The lowest BCUT2D eigenvalue weighted by Gasteiger charge is -2.18. The van der Waals surface area contributed by atoms with Crippen molar-refractivity contribution in [2.45, 2.75) is 26.2 Å². The molecule has 0 unspecified atom stereocenters. The molecule has 4 nitrogen and oxygen atoms in total. The van der Waals surface area contributed by atoms with Gasteiger partial charge in [0.25, 0.3) is 0 Å². The Morgan fingerprint density at radius 3 is 2.43 bits per heavy atom. The zero-order valence-corrected chi connectivity index (χ0v) is 16.2. The molecule has 28 heavy (non-hydrogen) atoms. The van der Waals surface area contributed by atoms with Crippen molar-refractivity contribution in [3.63, 3.8) is 0 Å². The van der Waals surface area contributed by atoms with E-state index in [9.17, 15) is 5.11 Å². The number of hydrogen-bond donors (Lipinski definition) is 1. The lowest BCUT2D eigenvalue weighted by Crippen LogP contribution is -2.10. The second-order valence-electron chi connectivity index (χ2n) is 7.82. The van der Waals surface area contributed by atoms with E-state index in [1.54, 1.807) is 18.3 Å². The summed E-state index contributed by atoms with van der Waals surface area (Å²) in [5.74, 6) is 0.797. The maximum Gasteiger partial charge on any atom is 0.227 e. The fraction of sp³-hybridized carbons (Fsp3) is 0.167. The van der Waals surface area contributed by atoms with E-state index in [2.05, 4.69) is 42.9 Å². The highest BCUT2D eigenvalue weighted by Crippen LogP contribution is 2.29. The number of oxazole rings is 1. The summed E-state index contributed by atoms with van der Waals surface area (Å²) < 4.78 is 5.96. The average Bonchev–Trinajstić information content (AvgIpc) is 3.10. The largest absolute Gasteiger partial charge is 0.507 e. The third-order valence-electron chi connectivity index (χ3n) is 4.66. The summed E-state index contributed by atoms with van der Waals surface area (Å²) in [6, 6.07) is 21.0. The third kappa shape index (κ3) is 3.67. The molecule has 4 heteroatoms. The lowest BCUT2D eigenvalue weighted by molar-refractivity contribution is 0.474. The van der Waals surface area contributed by atoms with Gasteiger partial charge in [-0.25, -0.2) is 4.98 Å². The maximum absolute atomic E-state index is 9.84. The van der Waals surface area contributed by atoms with E-state index < -0.39 is 0 Å². The van der Waals surface area contributed by atoms with Crippen LogP contribution in [-0.4, -0.2) is 16.3 Å². The van der Waals surface area contributed by atoms with E-state index in [0.29, 0.717) is 17.0 Å². The molecule has 4 rings (SSSR count). The summed E-state index contributed by atoms with van der Waals surface area (Å²) in [5.41, 5.74) is 5.20. The minimum Gasteiger partial charge on any atom is -0.507 e. The molecular formula is C24H22N2O2. The van der Waals surface area contributed by atoms with Crippen molar-refractivity contribution < 1.29 is 9.52 Å². The summed E-state index contributed by atoms with van der Waals surface area (Å²) in [6.45, 7) is 6.58. The van der Waals surface area contributed by atoms with Crippen molar-refractivity contribution in [1.29, 1.82) is 0 Å². The monoisotopic (exact) mass is 370 g/mol. The molecule has 1 N–H and O–H groups in total. The molecule has 0 atom stereocenters. The molecule has 0 radical (unpaired) electrons. The van der Waals surface area contributed by atoms with Gasteiger partial charge < -0.3 is 9.52 Å². The smallest absolute Gasteiger partial charge is 0.227 e. The average molecular weight is 370 g/mol. The van der Waals surface area contributed by atoms with Crippen LogP contribution in [-0.2, 0) is 5.41 Å². The minimum absolute atomic E-state index is 0.111. The van der Waals surface area contributed by atoms with Crippen LogP contribution in [0.15, 0.2) is 76.1 Å². The van der Waals surface area contributed by atoms with Crippen molar-refractivity contribution in [2.24, 2.45) is 4.99 Å². The molecule has 0 aliphatic rings. The Morgan fingerprint density at radius 2 is 1.71 bits per heavy atom. The topological polar surface area (TPSA) is 58.6 Å². The van der Waals surface area contributed by atoms with Gasteiger partial charge in [-0.15, -0.1) is 0 Å². The number of benzene rings is 3. The van der Waals surface area contributed by atoms with Crippen LogP contribution in [0.2, 0.25) is 0 Å². The van der Waals surface area contributed by atoms with Crippen LogP contribution < -0.4 is 0 Å². The fourth-order valence-corrected chi connectivity index (χ4v) is 2.97. The number of para-hydroxylation sites is 1. The predicted octanol–water partition coefficient (Wildman–Crippen LogP) is 6.25. The minimum atomic E-state index is 0.111. The number of fused-ring (bicyclic) bond motifs is 1. The highest BCUT2D eigenvalue weighted by atomic mass is 16.3. The quantitative estimate of drug-likeness (QED) is 0.434. The van der Waals surface area contributed by atoms with Gasteiger partial charge in [-0.05, 0) is 47.4 Å². The predicted molar refractivity (Wildman–Crippen MR) is 114 cm³/mol. The van der Waals surface area contributed by atoms with Gasteiger partial charge >= 0.3 is 0 Å². The molecule has 0 spiro atoms. The zero-order chi connectivity index (χ0) is 19.7. The normalized spacial score (nSPS) is 12.1. The first-order valence-electron chi connectivity index (χ1n) is 9.24. The van der Waals surface area contributed by atoms with E-state index in [-0.39, 0.29) is 11.2 Å². The first-order chi connectivity index (χ1) is 13.4. The van der Waals surface area contributed by atoms with Crippen LogP contribution in [0.3, 0.4) is 0 Å². The number of nitrogens with zero attached hydrogens (tertiary/aromatic N) is 2. The number of phenolic OH excluding ortho intramolecular Hbond substituents is 1. The zero-order valence-electron chi connectivity index (χ0n) is 16.2. The third-order valence-corrected chi connectivity index (χ3v) is 4.66. The standard InChI is InChI=1S/C24H22N2O2/c1-24(2,3)18-10-8-16(9-11-18)23-26-20-13-12-19(14-22(20)28-23)25-15-17-6-4-5-7-21(17)27/h4-15,27H,1-3H3. The number of aromatic nitrogens is 1. The summed E-state index contributed by atoms with van der Waals surface area (Å²) in [4.78, 5) is 9.03. The molecule has 4 aromatic rings. The Kier molecular flexibility index (Phi) is 4.47. The Labute approximate surface area is 164 Å². The maximum atomic E-state index is 9.84. The SMILES string of the molecule is CC(C)(C)c1ccc(-c2nc3ccc(N=Cc4ccccc4O)cc3o2)cc1. The number of aliphatic imine (C=N–C) groups is 1. The van der Waals surface area contributed by atoms with E-state index in [0.717, 1.165) is 16.8 Å². The summed E-state index contributed by atoms with van der Waals surface area (Å²) in [6.07, 6.45) is 1.64. The molecule has 0 saturated heterocycles. The molecule has 140 valence electrons. The Balaban J connectivity index is 1.62. The van der Waals surface area contributed by atoms with E-state index in [4.69, 9.17) is 4.42 Å². The van der Waals surface area contributed by atoms with Crippen molar-refractivity contribution in [1.82, 2.24) is 4.98 Å². The van der Waals surface area contributed by atoms with Crippen LogP contribution in [0, 0.1) is 0 Å². The van der Waals surface area contributed by atoms with Crippen LogP contribution in [0.1, 0.15) is 31.9 Å². The van der Waals surface area contributed by atoms with Gasteiger partial charge in [0.2, 0.25) is 5.89 Å². The Hall–Kier alpha value is -3.40. The molecule has 0 saturated carbocycles. The second kappa shape index (κ2) is 6.97. The number of aromatic hydroxyl groups is 1. The van der Waals surface area contributed by atoms with Gasteiger partial charge in [-0.2, -0.15) is 0 Å². The molecular weight excluding hydrogens is 348 g/mol. The molecule has 0 aliphatic heterocycles. The Morgan fingerprint density at radius 1 is 0.964 bits per heavy atom. The fourth-order valence-electron chi connectivity index (χ4n) is 2.97. The van der Waals surface area contributed by atoms with Gasteiger partial charge in [0.15, 0.2) is 5.58 Å². The highest BCUT2D eigenvalue weighted by Gasteiger charge is 2.14. The van der Waals surface area contributed by atoms with E-state index >= 15 is 0 Å². The van der Waals surface area contributed by atoms with Gasteiger partial charge in [-0.3, -0.25) is 4.99 Å². The first-order valence-corrected chi connectivity index (χ1v) is 9.24. The number of hydrogen-bond acceptors (Lipinski definition) is 4. The van der Waals surface area contributed by atoms with Crippen molar-refractivity contribution in [3.8, 4) is 17.2 Å². The molecule has 0 amide bonds. The summed E-state index contributed by atoms with van der Waals surface area (Å²) >= 11 is 0. The van der Waals surface area contributed by atoms with Crippen molar-refractivity contribution in [2.75, 3.05) is 0 Å². The molecule has 0 aliphatic carbocycles. The molecule has 0 fully saturated rings. The lowest BCUT2D eigenvalue weighted by atomic mass is 9.87.